The molecule has 0 atom stereocenters. The molecule has 0 fully saturated rings. The lowest BCUT2D eigenvalue weighted by atomic mass is 10.1. The van der Waals surface area contributed by atoms with Crippen molar-refractivity contribution in [2.24, 2.45) is 0 Å². The van der Waals surface area contributed by atoms with Crippen LogP contribution in [0.1, 0.15) is 22.4 Å². The van der Waals surface area contributed by atoms with Crippen molar-refractivity contribution in [1.29, 1.82) is 0 Å². The third-order valence-electron chi connectivity index (χ3n) is 2.76. The van der Waals surface area contributed by atoms with E-state index < -0.39 is 0 Å². The highest BCUT2D eigenvalue weighted by molar-refractivity contribution is 5.22. The average Bonchev–Trinajstić information content (AvgIpc) is 2.30. The van der Waals surface area contributed by atoms with E-state index in [9.17, 15) is 0 Å². The Bertz CT molecular complexity index is 394. The van der Waals surface area contributed by atoms with Crippen LogP contribution in [0.4, 0.5) is 0 Å². The van der Waals surface area contributed by atoms with Gasteiger partial charge in [0, 0.05) is 11.9 Å². The molecule has 1 heteroatoms. The summed E-state index contributed by atoms with van der Waals surface area (Å²) in [7, 11) is 0. The summed E-state index contributed by atoms with van der Waals surface area (Å²) in [5.41, 5.74) is 5.09. The molecule has 2 rings (SSSR count). The van der Waals surface area contributed by atoms with Gasteiger partial charge in [0.05, 0.1) is 0 Å². The zero-order valence-corrected chi connectivity index (χ0v) is 9.90. The van der Waals surface area contributed by atoms with E-state index in [1.807, 2.05) is 6.20 Å². The number of rotatable bonds is 3. The van der Waals surface area contributed by atoms with Crippen molar-refractivity contribution in [3.05, 3.63) is 65.0 Å². The van der Waals surface area contributed by atoms with Gasteiger partial charge in [-0.05, 0) is 43.9 Å². The highest BCUT2D eigenvalue weighted by Crippen LogP contribution is 2.07. The zero-order valence-electron chi connectivity index (χ0n) is 9.90. The Morgan fingerprint density at radius 2 is 1.50 bits per heavy atom. The van der Waals surface area contributed by atoms with Crippen LogP contribution in [-0.4, -0.2) is 4.98 Å². The fourth-order valence-corrected chi connectivity index (χ4v) is 1.67. The van der Waals surface area contributed by atoms with E-state index in [2.05, 4.69) is 55.2 Å². The summed E-state index contributed by atoms with van der Waals surface area (Å²) >= 11 is 0. The fraction of sp³-hybridized carbons (Fsp3) is 0.267. The Kier molecular flexibility index (Phi) is 3.35. The van der Waals surface area contributed by atoms with E-state index in [1.165, 1.54) is 22.4 Å². The van der Waals surface area contributed by atoms with E-state index >= 15 is 0 Å². The van der Waals surface area contributed by atoms with Gasteiger partial charge >= 0.3 is 0 Å². The van der Waals surface area contributed by atoms with E-state index in [4.69, 9.17) is 0 Å². The molecule has 0 N–H and O–H groups in total. The van der Waals surface area contributed by atoms with E-state index in [-0.39, 0.29) is 0 Å². The Morgan fingerprint density at radius 3 is 2.12 bits per heavy atom. The zero-order chi connectivity index (χ0) is 11.4. The molecule has 0 aliphatic heterocycles. The van der Waals surface area contributed by atoms with Crippen LogP contribution in [-0.2, 0) is 12.8 Å². The smallest absolute Gasteiger partial charge is 0.0407 e. The molecule has 16 heavy (non-hydrogen) atoms. The van der Waals surface area contributed by atoms with Crippen LogP contribution in [0.25, 0.3) is 0 Å². The lowest BCUT2D eigenvalue weighted by Gasteiger charge is -2.02. The van der Waals surface area contributed by atoms with Crippen LogP contribution in [0.15, 0.2) is 42.6 Å². The van der Waals surface area contributed by atoms with Crippen LogP contribution in [0, 0.1) is 13.8 Å². The van der Waals surface area contributed by atoms with Crippen molar-refractivity contribution in [3.8, 4) is 0 Å². The van der Waals surface area contributed by atoms with Crippen molar-refractivity contribution in [2.45, 2.75) is 26.7 Å². The van der Waals surface area contributed by atoms with Gasteiger partial charge in [-0.15, -0.1) is 0 Å². The Hall–Kier alpha value is -1.63. The SMILES string of the molecule is Cc1ccc(CCc2ccc(C)cn2)cc1. The summed E-state index contributed by atoms with van der Waals surface area (Å²) in [6.45, 7) is 4.18. The van der Waals surface area contributed by atoms with Crippen molar-refractivity contribution < 1.29 is 0 Å². The minimum Gasteiger partial charge on any atom is -0.261 e. The molecule has 0 radical (unpaired) electrons. The minimum atomic E-state index is 1.02. The predicted octanol–water partition coefficient (Wildman–Crippen LogP) is 3.48. The normalized spacial score (nSPS) is 10.4. The molecular weight excluding hydrogens is 194 g/mol. The molecule has 2 aromatic rings. The molecule has 1 aromatic carbocycles. The number of pyridine rings is 1. The Labute approximate surface area is 97.2 Å². The molecule has 0 aliphatic carbocycles. The molecule has 1 heterocycles. The monoisotopic (exact) mass is 211 g/mol. The fourth-order valence-electron chi connectivity index (χ4n) is 1.67. The summed E-state index contributed by atoms with van der Waals surface area (Å²) in [4.78, 5) is 4.41. The first kappa shape index (κ1) is 10.9. The first-order valence-electron chi connectivity index (χ1n) is 5.71. The van der Waals surface area contributed by atoms with Gasteiger partial charge < -0.3 is 0 Å². The second-order valence-electron chi connectivity index (χ2n) is 4.31. The number of aryl methyl sites for hydroxylation is 4. The molecule has 0 unspecified atom stereocenters. The largest absolute Gasteiger partial charge is 0.261 e. The molecule has 0 saturated heterocycles. The van der Waals surface area contributed by atoms with Gasteiger partial charge in [-0.25, -0.2) is 0 Å². The maximum atomic E-state index is 4.41. The molecular formula is C15H17N. The second-order valence-corrected chi connectivity index (χ2v) is 4.31. The average molecular weight is 211 g/mol. The van der Waals surface area contributed by atoms with Crippen LogP contribution in [0.2, 0.25) is 0 Å². The van der Waals surface area contributed by atoms with Crippen molar-refractivity contribution in [2.75, 3.05) is 0 Å². The van der Waals surface area contributed by atoms with Crippen molar-refractivity contribution in [1.82, 2.24) is 4.98 Å². The highest BCUT2D eigenvalue weighted by atomic mass is 14.7. The highest BCUT2D eigenvalue weighted by Gasteiger charge is 1.96. The quantitative estimate of drug-likeness (QED) is 0.757. The summed E-state index contributed by atoms with van der Waals surface area (Å²) in [5, 5.41) is 0. The van der Waals surface area contributed by atoms with Gasteiger partial charge in [-0.2, -0.15) is 0 Å². The maximum absolute atomic E-state index is 4.41. The van der Waals surface area contributed by atoms with Crippen LogP contribution >= 0.6 is 0 Å². The Morgan fingerprint density at radius 1 is 0.812 bits per heavy atom. The molecule has 0 amide bonds. The summed E-state index contributed by atoms with van der Waals surface area (Å²) in [5.74, 6) is 0. The van der Waals surface area contributed by atoms with Crippen molar-refractivity contribution in [3.63, 3.8) is 0 Å². The molecule has 0 saturated carbocycles. The van der Waals surface area contributed by atoms with Gasteiger partial charge in [0.1, 0.15) is 0 Å². The first-order valence-corrected chi connectivity index (χ1v) is 5.71. The van der Waals surface area contributed by atoms with Gasteiger partial charge in [0.2, 0.25) is 0 Å². The number of hydrogen-bond acceptors (Lipinski definition) is 1. The number of nitrogens with zero attached hydrogens (tertiary/aromatic N) is 1. The van der Waals surface area contributed by atoms with Crippen LogP contribution in [0.5, 0.6) is 0 Å². The molecule has 0 bridgehead atoms. The van der Waals surface area contributed by atoms with E-state index in [0.29, 0.717) is 0 Å². The molecule has 82 valence electrons. The van der Waals surface area contributed by atoms with Gasteiger partial charge in [-0.3, -0.25) is 4.98 Å². The van der Waals surface area contributed by atoms with E-state index in [0.717, 1.165) is 12.8 Å². The third kappa shape index (κ3) is 2.93. The molecule has 0 aliphatic rings. The van der Waals surface area contributed by atoms with Gasteiger partial charge in [0.15, 0.2) is 0 Å². The third-order valence-corrected chi connectivity index (χ3v) is 2.76. The lowest BCUT2D eigenvalue weighted by molar-refractivity contribution is 0.910. The second kappa shape index (κ2) is 4.93. The predicted molar refractivity (Wildman–Crippen MR) is 67.6 cm³/mol. The molecule has 1 aromatic heterocycles. The van der Waals surface area contributed by atoms with Gasteiger partial charge in [0.25, 0.3) is 0 Å². The summed E-state index contributed by atoms with van der Waals surface area (Å²) in [6.07, 6.45) is 4.02. The van der Waals surface area contributed by atoms with Gasteiger partial charge in [-0.1, -0.05) is 35.9 Å². The molecule has 0 spiro atoms. The number of hydrogen-bond donors (Lipinski definition) is 0. The maximum Gasteiger partial charge on any atom is 0.0407 e. The summed E-state index contributed by atoms with van der Waals surface area (Å²) in [6, 6.07) is 13.0. The van der Waals surface area contributed by atoms with Crippen LogP contribution < -0.4 is 0 Å². The van der Waals surface area contributed by atoms with E-state index in [1.54, 1.807) is 0 Å². The Balaban J connectivity index is 1.97. The molecule has 1 nitrogen and oxygen atoms in total. The number of benzene rings is 1. The standard InChI is InChI=1S/C15H17N/c1-12-3-6-14(7-4-12)8-10-15-9-5-13(2)11-16-15/h3-7,9,11H,8,10H2,1-2H3. The number of aromatic nitrogens is 1. The van der Waals surface area contributed by atoms with Crippen LogP contribution in [0.3, 0.4) is 0 Å². The minimum absolute atomic E-state index is 1.02. The lowest BCUT2D eigenvalue weighted by Crippen LogP contribution is -1.94. The topological polar surface area (TPSA) is 12.9 Å². The summed E-state index contributed by atoms with van der Waals surface area (Å²) < 4.78 is 0. The first-order chi connectivity index (χ1) is 7.74. The van der Waals surface area contributed by atoms with Crippen molar-refractivity contribution >= 4 is 0 Å².